The molecule has 148 valence electrons. The van der Waals surface area contributed by atoms with Gasteiger partial charge in [-0.2, -0.15) is 0 Å². The van der Waals surface area contributed by atoms with Crippen molar-refractivity contribution in [3.8, 4) is 11.3 Å². The second kappa shape index (κ2) is 7.84. The van der Waals surface area contributed by atoms with Gasteiger partial charge in [-0.15, -0.1) is 0 Å². The molecule has 3 aromatic rings. The van der Waals surface area contributed by atoms with Crippen molar-refractivity contribution >= 4 is 20.0 Å². The van der Waals surface area contributed by atoms with Crippen molar-refractivity contribution in [3.05, 3.63) is 66.2 Å². The first kappa shape index (κ1) is 20.2. The number of benzene rings is 2. The zero-order valence-electron chi connectivity index (χ0n) is 15.0. The van der Waals surface area contributed by atoms with Gasteiger partial charge >= 0.3 is 0 Å². The number of sulfonamides is 2. The average Bonchev–Trinajstić information content (AvgIpc) is 3.08. The summed E-state index contributed by atoms with van der Waals surface area (Å²) in [6.07, 6.45) is 1.98. The number of nitrogens with one attached hydrogen (secondary N) is 1. The molecule has 1 heterocycles. The molecular weight excluding hydrogens is 402 g/mol. The first-order valence-corrected chi connectivity index (χ1v) is 11.3. The van der Waals surface area contributed by atoms with Crippen LogP contribution in [-0.4, -0.2) is 28.4 Å². The van der Waals surface area contributed by atoms with Gasteiger partial charge in [-0.25, -0.2) is 31.7 Å². The van der Waals surface area contributed by atoms with Gasteiger partial charge in [0, 0.05) is 19.0 Å². The molecule has 0 aliphatic heterocycles. The molecule has 0 fully saturated rings. The van der Waals surface area contributed by atoms with Gasteiger partial charge in [0.2, 0.25) is 20.0 Å². The number of oxazole rings is 1. The first-order valence-electron chi connectivity index (χ1n) is 8.29. The minimum Gasteiger partial charge on any atom is -0.441 e. The summed E-state index contributed by atoms with van der Waals surface area (Å²) in [5.41, 5.74) is 1.51. The van der Waals surface area contributed by atoms with Crippen molar-refractivity contribution in [2.75, 3.05) is 6.54 Å². The molecule has 8 nitrogen and oxygen atoms in total. The Morgan fingerprint density at radius 3 is 2.11 bits per heavy atom. The third-order valence-electron chi connectivity index (χ3n) is 4.03. The van der Waals surface area contributed by atoms with E-state index >= 15 is 0 Å². The van der Waals surface area contributed by atoms with E-state index in [9.17, 15) is 16.8 Å². The number of nitrogens with two attached hydrogens (primary N) is 1. The van der Waals surface area contributed by atoms with Gasteiger partial charge in [-0.05, 0) is 48.4 Å². The molecule has 0 saturated carbocycles. The maximum atomic E-state index is 12.4. The van der Waals surface area contributed by atoms with E-state index in [4.69, 9.17) is 9.56 Å². The van der Waals surface area contributed by atoms with Crippen molar-refractivity contribution in [3.63, 3.8) is 0 Å². The largest absolute Gasteiger partial charge is 0.441 e. The molecule has 3 rings (SSSR count). The second-order valence-electron chi connectivity index (χ2n) is 6.10. The Hall–Kier alpha value is -2.53. The quantitative estimate of drug-likeness (QED) is 0.598. The molecule has 0 amide bonds. The van der Waals surface area contributed by atoms with Crippen LogP contribution in [-0.2, 0) is 26.5 Å². The van der Waals surface area contributed by atoms with E-state index in [0.29, 0.717) is 18.1 Å². The molecule has 1 aromatic heterocycles. The average molecular weight is 422 g/mol. The molecule has 2 aromatic carbocycles. The molecule has 0 aliphatic rings. The van der Waals surface area contributed by atoms with Crippen molar-refractivity contribution in [1.82, 2.24) is 9.71 Å². The summed E-state index contributed by atoms with van der Waals surface area (Å²) in [5, 5.41) is 5.05. The molecule has 0 saturated heterocycles. The van der Waals surface area contributed by atoms with Gasteiger partial charge in [0.15, 0.2) is 11.7 Å². The minimum atomic E-state index is -3.74. The lowest BCUT2D eigenvalue weighted by Gasteiger charge is -2.08. The Morgan fingerprint density at radius 1 is 0.964 bits per heavy atom. The van der Waals surface area contributed by atoms with Gasteiger partial charge in [0.05, 0.1) is 16.0 Å². The normalized spacial score (nSPS) is 12.2. The Bertz CT molecular complexity index is 1170. The van der Waals surface area contributed by atoms with Crippen molar-refractivity contribution < 1.29 is 21.3 Å². The SMILES string of the molecule is Cc1ncc(-c2ccc(S(=O)(=O)NCCc3ccc(S(N)(=O)=O)cc3)cc2)o1. The third-order valence-corrected chi connectivity index (χ3v) is 6.43. The summed E-state index contributed by atoms with van der Waals surface area (Å²) in [6.45, 7) is 1.90. The second-order valence-corrected chi connectivity index (χ2v) is 9.43. The maximum Gasteiger partial charge on any atom is 0.240 e. The Morgan fingerprint density at radius 2 is 1.57 bits per heavy atom. The first-order chi connectivity index (χ1) is 13.1. The van der Waals surface area contributed by atoms with Crippen LogP contribution in [0.5, 0.6) is 0 Å². The van der Waals surface area contributed by atoms with Crippen molar-refractivity contribution in [2.45, 2.75) is 23.1 Å². The van der Waals surface area contributed by atoms with E-state index in [2.05, 4.69) is 9.71 Å². The van der Waals surface area contributed by atoms with Gasteiger partial charge < -0.3 is 4.42 Å². The Balaban J connectivity index is 1.62. The lowest BCUT2D eigenvalue weighted by atomic mass is 10.2. The fourth-order valence-corrected chi connectivity index (χ4v) is 4.10. The highest BCUT2D eigenvalue weighted by Gasteiger charge is 2.14. The standard InChI is InChI=1S/C18H19N3O5S2/c1-13-20-12-18(26-13)15-4-8-17(9-5-15)28(24,25)21-11-10-14-2-6-16(7-3-14)27(19,22)23/h2-9,12,21H,10-11H2,1H3,(H2,19,22,23). The predicted octanol–water partition coefficient (Wildman–Crippen LogP) is 1.82. The minimum absolute atomic E-state index is 0.0128. The van der Waals surface area contributed by atoms with Crippen LogP contribution < -0.4 is 9.86 Å². The number of hydrogen-bond donors (Lipinski definition) is 2. The zero-order valence-corrected chi connectivity index (χ0v) is 16.6. The number of aromatic nitrogens is 1. The van der Waals surface area contributed by atoms with Gasteiger partial charge in [-0.3, -0.25) is 0 Å². The van der Waals surface area contributed by atoms with Gasteiger partial charge in [0.25, 0.3) is 0 Å². The van der Waals surface area contributed by atoms with E-state index in [0.717, 1.165) is 11.1 Å². The van der Waals surface area contributed by atoms with Crippen LogP contribution >= 0.6 is 0 Å². The molecule has 0 aliphatic carbocycles. The summed E-state index contributed by atoms with van der Waals surface area (Å²) in [4.78, 5) is 4.16. The molecular formula is C18H19N3O5S2. The molecule has 0 spiro atoms. The molecule has 0 radical (unpaired) electrons. The fourth-order valence-electron chi connectivity index (χ4n) is 2.55. The lowest BCUT2D eigenvalue weighted by molar-refractivity contribution is 0.534. The maximum absolute atomic E-state index is 12.4. The molecule has 0 bridgehead atoms. The number of primary sulfonamides is 1. The molecule has 28 heavy (non-hydrogen) atoms. The summed E-state index contributed by atoms with van der Waals surface area (Å²) < 4.78 is 55.3. The third kappa shape index (κ3) is 4.84. The molecule has 0 unspecified atom stereocenters. The monoisotopic (exact) mass is 421 g/mol. The highest BCUT2D eigenvalue weighted by molar-refractivity contribution is 7.89. The molecule has 0 atom stereocenters. The summed E-state index contributed by atoms with van der Waals surface area (Å²) in [7, 11) is -7.41. The van der Waals surface area contributed by atoms with E-state index in [1.165, 1.54) is 24.3 Å². The number of rotatable bonds is 7. The zero-order chi connectivity index (χ0) is 20.4. The van der Waals surface area contributed by atoms with E-state index in [-0.39, 0.29) is 16.3 Å². The van der Waals surface area contributed by atoms with Crippen LogP contribution in [0.15, 0.2) is 68.9 Å². The van der Waals surface area contributed by atoms with E-state index < -0.39 is 20.0 Å². The van der Waals surface area contributed by atoms with Gasteiger partial charge in [-0.1, -0.05) is 12.1 Å². The Kier molecular flexibility index (Phi) is 5.66. The fraction of sp³-hybridized carbons (Fsp3) is 0.167. The highest BCUT2D eigenvalue weighted by Crippen LogP contribution is 2.22. The number of aryl methyl sites for hydroxylation is 1. The van der Waals surface area contributed by atoms with Crippen molar-refractivity contribution in [2.24, 2.45) is 5.14 Å². The summed E-state index contributed by atoms with van der Waals surface area (Å²) >= 11 is 0. The molecule has 10 heteroatoms. The number of nitrogens with zero attached hydrogens (tertiary/aromatic N) is 1. The van der Waals surface area contributed by atoms with Crippen LogP contribution in [0.2, 0.25) is 0 Å². The van der Waals surface area contributed by atoms with E-state index in [1.807, 2.05) is 0 Å². The van der Waals surface area contributed by atoms with Gasteiger partial charge in [0.1, 0.15) is 0 Å². The van der Waals surface area contributed by atoms with Crippen LogP contribution in [0.25, 0.3) is 11.3 Å². The van der Waals surface area contributed by atoms with E-state index in [1.54, 1.807) is 37.4 Å². The molecule has 3 N–H and O–H groups in total. The topological polar surface area (TPSA) is 132 Å². The van der Waals surface area contributed by atoms with Crippen LogP contribution in [0, 0.1) is 6.92 Å². The number of hydrogen-bond acceptors (Lipinski definition) is 6. The smallest absolute Gasteiger partial charge is 0.240 e. The Labute approximate surface area is 163 Å². The predicted molar refractivity (Wildman–Crippen MR) is 103 cm³/mol. The highest BCUT2D eigenvalue weighted by atomic mass is 32.2. The summed E-state index contributed by atoms with van der Waals surface area (Å²) in [6, 6.07) is 12.3. The lowest BCUT2D eigenvalue weighted by Crippen LogP contribution is -2.26. The van der Waals surface area contributed by atoms with Crippen LogP contribution in [0.3, 0.4) is 0 Å². The van der Waals surface area contributed by atoms with Crippen molar-refractivity contribution in [1.29, 1.82) is 0 Å². The summed E-state index contributed by atoms with van der Waals surface area (Å²) in [5.74, 6) is 1.10. The van der Waals surface area contributed by atoms with Crippen LogP contribution in [0.4, 0.5) is 0 Å². The van der Waals surface area contributed by atoms with Crippen LogP contribution in [0.1, 0.15) is 11.5 Å².